The minimum Gasteiger partial charge on any atom is -0.377 e. The first-order chi connectivity index (χ1) is 11.3. The molecule has 1 amide bonds. The first-order valence-corrected chi connectivity index (χ1v) is 8.60. The van der Waals surface area contributed by atoms with Gasteiger partial charge in [0, 0.05) is 40.9 Å². The number of benzene rings is 1. The quantitative estimate of drug-likeness (QED) is 0.723. The Kier molecular flexibility index (Phi) is 3.67. The highest BCUT2D eigenvalue weighted by Gasteiger charge is 2.31. The number of nitrogens with zero attached hydrogens (tertiary/aromatic N) is 2. The maximum Gasteiger partial charge on any atom is 0.256 e. The molecule has 23 heavy (non-hydrogen) atoms. The van der Waals surface area contributed by atoms with Crippen LogP contribution in [-0.2, 0) is 11.8 Å². The molecule has 0 aliphatic carbocycles. The van der Waals surface area contributed by atoms with Gasteiger partial charge in [0.25, 0.3) is 5.91 Å². The first-order valence-electron chi connectivity index (χ1n) is 7.72. The molecule has 1 fully saturated rings. The fraction of sp³-hybridized carbons (Fsp3) is 0.278. The maximum absolute atomic E-state index is 13.2. The molecule has 0 radical (unpaired) electrons. The van der Waals surface area contributed by atoms with Crippen molar-refractivity contribution >= 4 is 27.3 Å². The number of carbonyl (C=O) groups excluding carboxylic acids is 1. The Morgan fingerprint density at radius 2 is 2.13 bits per heavy atom. The van der Waals surface area contributed by atoms with Crippen LogP contribution in [0.25, 0.3) is 10.1 Å². The number of hydrogen-bond acceptors (Lipinski definition) is 3. The van der Waals surface area contributed by atoms with Crippen LogP contribution in [0.2, 0.25) is 0 Å². The zero-order chi connectivity index (χ0) is 15.8. The molecule has 3 aromatic rings. The lowest BCUT2D eigenvalue weighted by molar-refractivity contribution is -0.00450. The van der Waals surface area contributed by atoms with Crippen LogP contribution in [0.1, 0.15) is 22.1 Å². The van der Waals surface area contributed by atoms with E-state index < -0.39 is 0 Å². The van der Waals surface area contributed by atoms with Gasteiger partial charge in [0.2, 0.25) is 0 Å². The molecule has 0 saturated carbocycles. The van der Waals surface area contributed by atoms with E-state index in [2.05, 4.69) is 16.7 Å². The summed E-state index contributed by atoms with van der Waals surface area (Å²) in [4.78, 5) is 15.1. The van der Waals surface area contributed by atoms with E-state index in [9.17, 15) is 4.79 Å². The summed E-state index contributed by atoms with van der Waals surface area (Å²) < 4.78 is 8.85. The smallest absolute Gasteiger partial charge is 0.256 e. The van der Waals surface area contributed by atoms with E-state index in [1.807, 2.05) is 47.8 Å². The summed E-state index contributed by atoms with van der Waals surface area (Å²) in [6.45, 7) is 1.76. The molecule has 1 saturated heterocycles. The van der Waals surface area contributed by atoms with E-state index in [-0.39, 0.29) is 11.9 Å². The number of aromatic nitrogens is 1. The van der Waals surface area contributed by atoms with Gasteiger partial charge in [-0.15, -0.1) is 11.3 Å². The predicted molar refractivity (Wildman–Crippen MR) is 91.8 cm³/mol. The normalized spacial score (nSPS) is 18.5. The third-order valence-electron chi connectivity index (χ3n) is 4.43. The molecule has 0 unspecified atom stereocenters. The van der Waals surface area contributed by atoms with Gasteiger partial charge in [0.15, 0.2) is 0 Å². The van der Waals surface area contributed by atoms with Gasteiger partial charge in [0.05, 0.1) is 24.8 Å². The third-order valence-corrected chi connectivity index (χ3v) is 5.39. The summed E-state index contributed by atoms with van der Waals surface area (Å²) in [6, 6.07) is 12.1. The second-order valence-corrected chi connectivity index (χ2v) is 6.69. The molecule has 1 aromatic carbocycles. The number of hydrogen-bond donors (Lipinski definition) is 0. The Morgan fingerprint density at radius 1 is 1.26 bits per heavy atom. The van der Waals surface area contributed by atoms with Crippen LogP contribution < -0.4 is 0 Å². The van der Waals surface area contributed by atoms with Crippen molar-refractivity contribution in [2.24, 2.45) is 7.05 Å². The van der Waals surface area contributed by atoms with E-state index in [4.69, 9.17) is 4.74 Å². The lowest BCUT2D eigenvalue weighted by Gasteiger charge is -2.36. The molecule has 0 spiro atoms. The van der Waals surface area contributed by atoms with Gasteiger partial charge in [-0.25, -0.2) is 0 Å². The maximum atomic E-state index is 13.2. The van der Waals surface area contributed by atoms with E-state index in [0.29, 0.717) is 19.8 Å². The molecule has 3 heterocycles. The summed E-state index contributed by atoms with van der Waals surface area (Å²) in [5.74, 6) is 0.0944. The van der Waals surface area contributed by atoms with Crippen LogP contribution in [0, 0.1) is 0 Å². The Hall–Kier alpha value is -2.11. The minimum absolute atomic E-state index is 0.0325. The molecule has 4 nitrogen and oxygen atoms in total. The summed E-state index contributed by atoms with van der Waals surface area (Å²) in [5, 5.41) is 3.02. The van der Waals surface area contributed by atoms with E-state index in [0.717, 1.165) is 21.3 Å². The standard InChI is InChI=1S/C18H18N2O2S/c1-19-8-4-6-15(19)16-11-22-10-9-20(16)18(21)14-12-23-17-7-3-2-5-13(14)17/h2-8,12,16H,9-11H2,1H3/t16-/m1/s1. The van der Waals surface area contributed by atoms with E-state index in [1.165, 1.54) is 0 Å². The van der Waals surface area contributed by atoms with Gasteiger partial charge in [-0.1, -0.05) is 18.2 Å². The van der Waals surface area contributed by atoms with Gasteiger partial charge in [-0.3, -0.25) is 4.79 Å². The van der Waals surface area contributed by atoms with Crippen molar-refractivity contribution in [3.8, 4) is 0 Å². The molecule has 5 heteroatoms. The second-order valence-electron chi connectivity index (χ2n) is 5.78. The molecule has 1 aliphatic heterocycles. The second kappa shape index (κ2) is 5.83. The summed E-state index contributed by atoms with van der Waals surface area (Å²) in [5.41, 5.74) is 1.91. The van der Waals surface area contributed by atoms with Gasteiger partial charge >= 0.3 is 0 Å². The molecular weight excluding hydrogens is 308 g/mol. The number of thiophene rings is 1. The SMILES string of the molecule is Cn1cccc1[C@H]1COCCN1C(=O)c1csc2ccccc12. The largest absolute Gasteiger partial charge is 0.377 e. The number of fused-ring (bicyclic) bond motifs is 1. The number of amides is 1. The number of morpholine rings is 1. The molecular formula is C18H18N2O2S. The van der Waals surface area contributed by atoms with Crippen LogP contribution in [0.15, 0.2) is 48.0 Å². The Morgan fingerprint density at radius 3 is 2.96 bits per heavy atom. The van der Waals surface area contributed by atoms with Crippen molar-refractivity contribution in [3.63, 3.8) is 0 Å². The van der Waals surface area contributed by atoms with E-state index >= 15 is 0 Å². The highest BCUT2D eigenvalue weighted by Crippen LogP contribution is 2.31. The van der Waals surface area contributed by atoms with Crippen LogP contribution >= 0.6 is 11.3 Å². The average molecular weight is 326 g/mol. The van der Waals surface area contributed by atoms with Crippen LogP contribution in [0.4, 0.5) is 0 Å². The van der Waals surface area contributed by atoms with Crippen LogP contribution in [-0.4, -0.2) is 35.1 Å². The zero-order valence-electron chi connectivity index (χ0n) is 12.9. The van der Waals surface area contributed by atoms with Crippen molar-refractivity contribution in [2.45, 2.75) is 6.04 Å². The monoisotopic (exact) mass is 326 g/mol. The average Bonchev–Trinajstić information content (AvgIpc) is 3.20. The topological polar surface area (TPSA) is 34.5 Å². The summed E-state index contributed by atoms with van der Waals surface area (Å²) in [7, 11) is 2.01. The molecule has 4 rings (SSSR count). The summed E-state index contributed by atoms with van der Waals surface area (Å²) >= 11 is 1.62. The van der Waals surface area contributed by atoms with Crippen LogP contribution in [0.5, 0.6) is 0 Å². The number of rotatable bonds is 2. The first kappa shape index (κ1) is 14.5. The van der Waals surface area contributed by atoms with Gasteiger partial charge in [0.1, 0.15) is 0 Å². The van der Waals surface area contributed by atoms with E-state index in [1.54, 1.807) is 11.3 Å². The van der Waals surface area contributed by atoms with Gasteiger partial charge < -0.3 is 14.2 Å². The van der Waals surface area contributed by atoms with Crippen LogP contribution in [0.3, 0.4) is 0 Å². The highest BCUT2D eigenvalue weighted by molar-refractivity contribution is 7.17. The molecule has 1 aliphatic rings. The fourth-order valence-electron chi connectivity index (χ4n) is 3.21. The molecule has 1 atom stereocenters. The van der Waals surface area contributed by atoms with Crippen molar-refractivity contribution in [1.82, 2.24) is 9.47 Å². The zero-order valence-corrected chi connectivity index (χ0v) is 13.8. The van der Waals surface area contributed by atoms with Crippen molar-refractivity contribution < 1.29 is 9.53 Å². The lowest BCUT2D eigenvalue weighted by atomic mass is 10.1. The van der Waals surface area contributed by atoms with Crippen molar-refractivity contribution in [1.29, 1.82) is 0 Å². The predicted octanol–water partition coefficient (Wildman–Crippen LogP) is 3.45. The number of ether oxygens (including phenoxy) is 1. The lowest BCUT2D eigenvalue weighted by Crippen LogP contribution is -2.44. The summed E-state index contributed by atoms with van der Waals surface area (Å²) in [6.07, 6.45) is 2.01. The molecule has 118 valence electrons. The molecule has 0 bridgehead atoms. The Bertz CT molecular complexity index is 851. The van der Waals surface area contributed by atoms with Crippen molar-refractivity contribution in [2.75, 3.05) is 19.8 Å². The molecule has 0 N–H and O–H groups in total. The Balaban J connectivity index is 1.72. The minimum atomic E-state index is -0.0325. The third kappa shape index (κ3) is 2.46. The fourth-order valence-corrected chi connectivity index (χ4v) is 4.15. The molecule has 2 aromatic heterocycles. The number of aryl methyl sites for hydroxylation is 1. The van der Waals surface area contributed by atoms with Gasteiger partial charge in [-0.05, 0) is 18.2 Å². The van der Waals surface area contributed by atoms with Crippen molar-refractivity contribution in [3.05, 3.63) is 59.2 Å². The highest BCUT2D eigenvalue weighted by atomic mass is 32.1. The van der Waals surface area contributed by atoms with Gasteiger partial charge in [-0.2, -0.15) is 0 Å². The number of carbonyl (C=O) groups is 1. The Labute approximate surface area is 138 Å².